The first-order chi connectivity index (χ1) is 11.5. The Morgan fingerprint density at radius 3 is 2.62 bits per heavy atom. The van der Waals surface area contributed by atoms with Gasteiger partial charge in [-0.25, -0.2) is 13.4 Å². The topological polar surface area (TPSA) is 88.2 Å². The van der Waals surface area contributed by atoms with Crippen molar-refractivity contribution in [2.45, 2.75) is 18.2 Å². The Kier molecular flexibility index (Phi) is 4.50. The van der Waals surface area contributed by atoms with Crippen molar-refractivity contribution in [3.05, 3.63) is 48.5 Å². The number of rotatable bonds is 5. The first-order valence-electron chi connectivity index (χ1n) is 7.26. The number of aromatic nitrogens is 1. The van der Waals surface area contributed by atoms with E-state index in [-0.39, 0.29) is 15.9 Å². The highest BCUT2D eigenvalue weighted by atomic mass is 32.2. The van der Waals surface area contributed by atoms with Crippen molar-refractivity contribution < 1.29 is 13.2 Å². The van der Waals surface area contributed by atoms with E-state index in [0.717, 1.165) is 4.70 Å². The zero-order valence-corrected chi connectivity index (χ0v) is 14.4. The van der Waals surface area contributed by atoms with Gasteiger partial charge in [-0.1, -0.05) is 36.5 Å². The van der Waals surface area contributed by atoms with E-state index in [1.165, 1.54) is 23.5 Å². The maximum absolute atomic E-state index is 12.3. The Balaban J connectivity index is 1.87. The fourth-order valence-corrected chi connectivity index (χ4v) is 4.23. The number of hydrogen-bond acceptors (Lipinski definition) is 5. The van der Waals surface area contributed by atoms with Crippen LogP contribution in [0.4, 0.5) is 10.8 Å². The minimum atomic E-state index is -3.67. The average molecular weight is 361 g/mol. The van der Waals surface area contributed by atoms with E-state index in [9.17, 15) is 13.2 Å². The number of benzene rings is 2. The van der Waals surface area contributed by atoms with Crippen LogP contribution in [0.3, 0.4) is 0 Å². The van der Waals surface area contributed by atoms with Crippen LogP contribution in [0.25, 0.3) is 10.2 Å². The quantitative estimate of drug-likeness (QED) is 0.728. The molecule has 24 heavy (non-hydrogen) atoms. The molecule has 0 bridgehead atoms. The molecule has 0 atom stereocenters. The lowest BCUT2D eigenvalue weighted by molar-refractivity contribution is -0.115. The number of carbonyl (C=O) groups excluding carboxylic acids is 1. The largest absolute Gasteiger partial charge is 0.326 e. The van der Waals surface area contributed by atoms with Crippen LogP contribution in [0, 0.1) is 0 Å². The number of thiazole rings is 1. The molecule has 0 unspecified atom stereocenters. The van der Waals surface area contributed by atoms with Gasteiger partial charge in [0.2, 0.25) is 5.91 Å². The highest BCUT2D eigenvalue weighted by Crippen LogP contribution is 2.29. The second-order valence-electron chi connectivity index (χ2n) is 5.02. The van der Waals surface area contributed by atoms with Crippen LogP contribution in [0.2, 0.25) is 0 Å². The molecular weight excluding hydrogens is 346 g/mol. The van der Waals surface area contributed by atoms with Crippen LogP contribution in [0.5, 0.6) is 0 Å². The van der Waals surface area contributed by atoms with Crippen molar-refractivity contribution in [1.29, 1.82) is 0 Å². The van der Waals surface area contributed by atoms with Gasteiger partial charge in [-0.2, -0.15) is 0 Å². The lowest BCUT2D eigenvalue weighted by Gasteiger charge is -2.03. The van der Waals surface area contributed by atoms with Gasteiger partial charge in [-0.3, -0.25) is 9.52 Å². The molecule has 0 spiro atoms. The SMILES string of the molecule is CCC(=O)Nc1ccc2nc(NS(=O)(=O)c3ccccc3)sc2c1. The Morgan fingerprint density at radius 2 is 1.92 bits per heavy atom. The molecule has 0 saturated carbocycles. The van der Waals surface area contributed by atoms with Crippen molar-refractivity contribution in [2.24, 2.45) is 0 Å². The third kappa shape index (κ3) is 3.55. The number of nitrogens with zero attached hydrogens (tertiary/aromatic N) is 1. The summed E-state index contributed by atoms with van der Waals surface area (Å²) in [5.41, 5.74) is 1.33. The molecule has 0 fully saturated rings. The summed E-state index contributed by atoms with van der Waals surface area (Å²) in [5, 5.41) is 3.05. The molecule has 0 aliphatic rings. The summed E-state index contributed by atoms with van der Waals surface area (Å²) in [6, 6.07) is 13.4. The zero-order valence-electron chi connectivity index (χ0n) is 12.8. The third-order valence-corrected chi connectivity index (χ3v) is 5.69. The van der Waals surface area contributed by atoms with E-state index in [4.69, 9.17) is 0 Å². The molecule has 0 aliphatic carbocycles. The van der Waals surface area contributed by atoms with Crippen LogP contribution in [-0.2, 0) is 14.8 Å². The number of anilines is 2. The second kappa shape index (κ2) is 6.58. The fourth-order valence-electron chi connectivity index (χ4n) is 2.07. The number of carbonyl (C=O) groups is 1. The molecule has 3 aromatic rings. The maximum atomic E-state index is 12.3. The van der Waals surface area contributed by atoms with Gasteiger partial charge in [0.25, 0.3) is 10.0 Å². The summed E-state index contributed by atoms with van der Waals surface area (Å²) in [6.45, 7) is 1.77. The first-order valence-corrected chi connectivity index (χ1v) is 9.56. The molecular formula is C16H15N3O3S2. The number of amides is 1. The summed E-state index contributed by atoms with van der Waals surface area (Å²) < 4.78 is 27.9. The minimum Gasteiger partial charge on any atom is -0.326 e. The molecule has 0 saturated heterocycles. The van der Waals surface area contributed by atoms with Crippen molar-refractivity contribution in [3.63, 3.8) is 0 Å². The van der Waals surface area contributed by atoms with E-state index in [0.29, 0.717) is 17.6 Å². The minimum absolute atomic E-state index is 0.0798. The highest BCUT2D eigenvalue weighted by Gasteiger charge is 2.16. The standard InChI is InChI=1S/C16H15N3O3S2/c1-2-15(20)17-11-8-9-13-14(10-11)23-16(18-13)19-24(21,22)12-6-4-3-5-7-12/h3-10H,2H2,1H3,(H,17,20)(H,18,19). The second-order valence-corrected chi connectivity index (χ2v) is 7.73. The predicted octanol–water partition coefficient (Wildman–Crippen LogP) is 3.45. The third-order valence-electron chi connectivity index (χ3n) is 3.27. The van der Waals surface area contributed by atoms with E-state index < -0.39 is 10.0 Å². The van der Waals surface area contributed by atoms with Crippen LogP contribution < -0.4 is 10.0 Å². The lowest BCUT2D eigenvalue weighted by Crippen LogP contribution is -2.12. The van der Waals surface area contributed by atoms with E-state index in [1.54, 1.807) is 43.3 Å². The van der Waals surface area contributed by atoms with Gasteiger partial charge in [0.1, 0.15) is 0 Å². The molecule has 1 aromatic heterocycles. The Hall–Kier alpha value is -2.45. The normalized spacial score (nSPS) is 11.4. The van der Waals surface area contributed by atoms with Gasteiger partial charge >= 0.3 is 0 Å². The Morgan fingerprint density at radius 1 is 1.17 bits per heavy atom. The molecule has 6 nitrogen and oxygen atoms in total. The van der Waals surface area contributed by atoms with E-state index in [2.05, 4.69) is 15.0 Å². The molecule has 2 aromatic carbocycles. The van der Waals surface area contributed by atoms with Crippen molar-refractivity contribution in [3.8, 4) is 0 Å². The molecule has 124 valence electrons. The molecule has 0 radical (unpaired) electrons. The van der Waals surface area contributed by atoms with Crippen LogP contribution in [0.1, 0.15) is 13.3 Å². The molecule has 2 N–H and O–H groups in total. The lowest BCUT2D eigenvalue weighted by atomic mass is 10.3. The number of fused-ring (bicyclic) bond motifs is 1. The molecule has 0 aliphatic heterocycles. The highest BCUT2D eigenvalue weighted by molar-refractivity contribution is 7.93. The smallest absolute Gasteiger partial charge is 0.263 e. The van der Waals surface area contributed by atoms with Crippen molar-refractivity contribution in [2.75, 3.05) is 10.0 Å². The van der Waals surface area contributed by atoms with Crippen LogP contribution in [0.15, 0.2) is 53.4 Å². The van der Waals surface area contributed by atoms with Crippen LogP contribution >= 0.6 is 11.3 Å². The first kappa shape index (κ1) is 16.4. The van der Waals surface area contributed by atoms with E-state index >= 15 is 0 Å². The summed E-state index contributed by atoms with van der Waals surface area (Å²) in [4.78, 5) is 15.9. The molecule has 3 rings (SSSR count). The van der Waals surface area contributed by atoms with Gasteiger partial charge in [0.15, 0.2) is 5.13 Å². The number of hydrogen-bond donors (Lipinski definition) is 2. The molecule has 8 heteroatoms. The molecule has 1 heterocycles. The van der Waals surface area contributed by atoms with Crippen molar-refractivity contribution >= 4 is 48.3 Å². The summed E-state index contributed by atoms with van der Waals surface area (Å²) >= 11 is 1.21. The number of sulfonamides is 1. The van der Waals surface area contributed by atoms with Crippen LogP contribution in [-0.4, -0.2) is 19.3 Å². The summed E-state index contributed by atoms with van der Waals surface area (Å²) in [6.07, 6.45) is 0.392. The molecule has 1 amide bonds. The monoisotopic (exact) mass is 361 g/mol. The van der Waals surface area contributed by atoms with Gasteiger partial charge in [-0.05, 0) is 30.3 Å². The summed E-state index contributed by atoms with van der Waals surface area (Å²) in [7, 11) is -3.67. The fraction of sp³-hybridized carbons (Fsp3) is 0.125. The maximum Gasteiger partial charge on any atom is 0.263 e. The van der Waals surface area contributed by atoms with Gasteiger partial charge in [0.05, 0.1) is 15.1 Å². The average Bonchev–Trinajstić information content (AvgIpc) is 2.96. The predicted molar refractivity (Wildman–Crippen MR) is 95.8 cm³/mol. The zero-order chi connectivity index (χ0) is 17.2. The van der Waals surface area contributed by atoms with E-state index in [1.807, 2.05) is 0 Å². The van der Waals surface area contributed by atoms with Gasteiger partial charge < -0.3 is 5.32 Å². The number of nitrogens with one attached hydrogen (secondary N) is 2. The summed E-state index contributed by atoms with van der Waals surface area (Å²) in [5.74, 6) is -0.0798. The van der Waals surface area contributed by atoms with Gasteiger partial charge in [0, 0.05) is 12.1 Å². The van der Waals surface area contributed by atoms with Crippen molar-refractivity contribution in [1.82, 2.24) is 4.98 Å². The Labute approximate surface area is 143 Å². The Bertz CT molecular complexity index is 982. The van der Waals surface area contributed by atoms with Gasteiger partial charge in [-0.15, -0.1) is 0 Å².